The number of halogens is 1. The highest BCUT2D eigenvalue weighted by Crippen LogP contribution is 2.27. The van der Waals surface area contributed by atoms with Crippen molar-refractivity contribution in [1.82, 2.24) is 24.9 Å². The lowest BCUT2D eigenvalue weighted by Crippen LogP contribution is -2.40. The van der Waals surface area contributed by atoms with Crippen LogP contribution in [0, 0.1) is 0 Å². The molecule has 2 heterocycles. The molecule has 0 aliphatic carbocycles. The number of aromatic nitrogens is 2. The molecule has 6 nitrogen and oxygen atoms in total. The normalized spacial score (nSPS) is 18.2. The van der Waals surface area contributed by atoms with Crippen LogP contribution in [0.1, 0.15) is 36.4 Å². The molecule has 1 aliphatic rings. The number of hydrogen-bond donors (Lipinski definition) is 1. The fourth-order valence-corrected chi connectivity index (χ4v) is 3.73. The zero-order valence-corrected chi connectivity index (χ0v) is 19.7. The lowest BCUT2D eigenvalue weighted by molar-refractivity contribution is 0.305. The van der Waals surface area contributed by atoms with E-state index in [1.54, 1.807) is 0 Å². The fourth-order valence-electron chi connectivity index (χ4n) is 3.73. The van der Waals surface area contributed by atoms with Crippen molar-refractivity contribution in [3.63, 3.8) is 0 Å². The minimum Gasteiger partial charge on any atom is -0.357 e. The average molecular weight is 496 g/mol. The van der Waals surface area contributed by atoms with E-state index in [4.69, 9.17) is 4.99 Å². The van der Waals surface area contributed by atoms with Gasteiger partial charge in [-0.25, -0.2) is 0 Å². The molecule has 0 amide bonds. The quantitative estimate of drug-likeness (QED) is 0.380. The SMILES string of the molecule is CCNC(=NCC(c1cnn(C)c1)N(C)C)N1CCC(c2ccccc2)C1.I. The Balaban J connectivity index is 0.00000280. The van der Waals surface area contributed by atoms with Gasteiger partial charge in [-0.15, -0.1) is 24.0 Å². The number of aliphatic imine (C=N–C) groups is 1. The van der Waals surface area contributed by atoms with Crippen LogP contribution in [0.3, 0.4) is 0 Å². The highest BCUT2D eigenvalue weighted by Gasteiger charge is 2.26. The summed E-state index contributed by atoms with van der Waals surface area (Å²) in [6, 6.07) is 11.0. The van der Waals surface area contributed by atoms with Crippen molar-refractivity contribution < 1.29 is 0 Å². The number of aryl methyl sites for hydroxylation is 1. The number of likely N-dealkylation sites (N-methyl/N-ethyl adjacent to an activating group) is 1. The summed E-state index contributed by atoms with van der Waals surface area (Å²) >= 11 is 0. The highest BCUT2D eigenvalue weighted by atomic mass is 127. The van der Waals surface area contributed by atoms with E-state index in [9.17, 15) is 0 Å². The van der Waals surface area contributed by atoms with Crippen molar-refractivity contribution in [2.75, 3.05) is 40.3 Å². The predicted molar refractivity (Wildman–Crippen MR) is 126 cm³/mol. The van der Waals surface area contributed by atoms with Crippen molar-refractivity contribution in [3.8, 4) is 0 Å². The summed E-state index contributed by atoms with van der Waals surface area (Å²) in [7, 11) is 6.15. The van der Waals surface area contributed by atoms with Crippen molar-refractivity contribution in [2.24, 2.45) is 12.0 Å². The van der Waals surface area contributed by atoms with E-state index in [2.05, 4.69) is 77.8 Å². The summed E-state index contributed by atoms with van der Waals surface area (Å²) in [6.07, 6.45) is 5.19. The van der Waals surface area contributed by atoms with E-state index in [0.29, 0.717) is 12.5 Å². The van der Waals surface area contributed by atoms with Crippen LogP contribution in [0.2, 0.25) is 0 Å². The fraction of sp³-hybridized carbons (Fsp3) is 0.524. The molecule has 2 unspecified atom stereocenters. The second kappa shape index (κ2) is 10.8. The predicted octanol–water partition coefficient (Wildman–Crippen LogP) is 3.10. The van der Waals surface area contributed by atoms with E-state index in [-0.39, 0.29) is 30.0 Å². The molecule has 0 radical (unpaired) electrons. The molecule has 1 saturated heterocycles. The maximum Gasteiger partial charge on any atom is 0.194 e. The van der Waals surface area contributed by atoms with E-state index in [0.717, 1.165) is 25.6 Å². The smallest absolute Gasteiger partial charge is 0.194 e. The first-order valence-electron chi connectivity index (χ1n) is 9.81. The van der Waals surface area contributed by atoms with Crippen LogP contribution < -0.4 is 5.32 Å². The monoisotopic (exact) mass is 496 g/mol. The number of hydrogen-bond acceptors (Lipinski definition) is 3. The minimum absolute atomic E-state index is 0. The van der Waals surface area contributed by atoms with Crippen LogP contribution >= 0.6 is 24.0 Å². The topological polar surface area (TPSA) is 48.7 Å². The molecule has 0 spiro atoms. The van der Waals surface area contributed by atoms with E-state index in [1.165, 1.54) is 17.5 Å². The van der Waals surface area contributed by atoms with Gasteiger partial charge in [-0.2, -0.15) is 5.10 Å². The zero-order valence-electron chi connectivity index (χ0n) is 17.4. The second-order valence-electron chi connectivity index (χ2n) is 7.46. The molecule has 1 fully saturated rings. The van der Waals surface area contributed by atoms with Gasteiger partial charge in [0.05, 0.1) is 18.8 Å². The van der Waals surface area contributed by atoms with E-state index >= 15 is 0 Å². The van der Waals surface area contributed by atoms with Gasteiger partial charge >= 0.3 is 0 Å². The number of benzene rings is 1. The van der Waals surface area contributed by atoms with Gasteiger partial charge in [-0.05, 0) is 33.0 Å². The maximum absolute atomic E-state index is 4.98. The lowest BCUT2D eigenvalue weighted by Gasteiger charge is -2.25. The molecule has 1 N–H and O–H groups in total. The Labute approximate surface area is 186 Å². The first kappa shape index (κ1) is 22.7. The van der Waals surface area contributed by atoms with Gasteiger partial charge in [0.25, 0.3) is 0 Å². The Morgan fingerprint density at radius 3 is 2.68 bits per heavy atom. The maximum atomic E-state index is 4.98. The van der Waals surface area contributed by atoms with Crippen LogP contribution in [0.4, 0.5) is 0 Å². The first-order valence-corrected chi connectivity index (χ1v) is 9.81. The summed E-state index contributed by atoms with van der Waals surface area (Å²) in [4.78, 5) is 9.59. The Morgan fingerprint density at radius 2 is 2.07 bits per heavy atom. The lowest BCUT2D eigenvalue weighted by atomic mass is 9.99. The van der Waals surface area contributed by atoms with Crippen LogP contribution in [-0.4, -0.2) is 65.8 Å². The van der Waals surface area contributed by atoms with Crippen molar-refractivity contribution in [1.29, 1.82) is 0 Å². The Hall–Kier alpha value is -1.61. The van der Waals surface area contributed by atoms with Crippen molar-refractivity contribution in [3.05, 3.63) is 53.9 Å². The second-order valence-corrected chi connectivity index (χ2v) is 7.46. The van der Waals surface area contributed by atoms with Gasteiger partial charge < -0.3 is 15.1 Å². The molecule has 2 atom stereocenters. The number of likely N-dealkylation sites (tertiary alicyclic amines) is 1. The van der Waals surface area contributed by atoms with Crippen molar-refractivity contribution in [2.45, 2.75) is 25.3 Å². The third kappa shape index (κ3) is 5.70. The van der Waals surface area contributed by atoms with Crippen LogP contribution in [0.5, 0.6) is 0 Å². The van der Waals surface area contributed by atoms with Crippen LogP contribution in [0.25, 0.3) is 0 Å². The number of guanidine groups is 1. The largest absolute Gasteiger partial charge is 0.357 e. The highest BCUT2D eigenvalue weighted by molar-refractivity contribution is 14.0. The van der Waals surface area contributed by atoms with E-state index < -0.39 is 0 Å². The zero-order chi connectivity index (χ0) is 19.2. The molecule has 3 rings (SSSR count). The molecule has 1 aromatic carbocycles. The summed E-state index contributed by atoms with van der Waals surface area (Å²) in [5.41, 5.74) is 2.63. The van der Waals surface area contributed by atoms with Gasteiger partial charge in [0.15, 0.2) is 5.96 Å². The summed E-state index contributed by atoms with van der Waals surface area (Å²) in [6.45, 7) is 5.80. The molecule has 1 aromatic heterocycles. The Kier molecular flexibility index (Phi) is 8.75. The third-order valence-corrected chi connectivity index (χ3v) is 5.24. The Bertz CT molecular complexity index is 742. The number of rotatable bonds is 6. The summed E-state index contributed by atoms with van der Waals surface area (Å²) < 4.78 is 1.85. The molecular formula is C21H33IN6. The molecule has 0 bridgehead atoms. The molecule has 7 heteroatoms. The molecule has 2 aromatic rings. The van der Waals surface area contributed by atoms with Gasteiger partial charge in [0.2, 0.25) is 0 Å². The third-order valence-electron chi connectivity index (χ3n) is 5.24. The minimum atomic E-state index is 0. The van der Waals surface area contributed by atoms with Crippen molar-refractivity contribution >= 4 is 29.9 Å². The standard InChI is InChI=1S/C21H32N6.HI/c1-5-22-21(23-14-20(25(2)3)19-13-24-26(4)15-19)27-12-11-18(16-27)17-9-7-6-8-10-17;/h6-10,13,15,18,20H,5,11-12,14,16H2,1-4H3,(H,22,23);1H. The van der Waals surface area contributed by atoms with Gasteiger partial charge in [-0.1, -0.05) is 30.3 Å². The molecule has 1 aliphatic heterocycles. The van der Waals surface area contributed by atoms with Gasteiger partial charge in [0, 0.05) is 44.4 Å². The first-order chi connectivity index (χ1) is 13.1. The van der Waals surface area contributed by atoms with Crippen LogP contribution in [-0.2, 0) is 7.05 Å². The molecular weight excluding hydrogens is 463 g/mol. The van der Waals surface area contributed by atoms with Gasteiger partial charge in [-0.3, -0.25) is 9.67 Å². The van der Waals surface area contributed by atoms with Crippen LogP contribution in [0.15, 0.2) is 47.7 Å². The number of nitrogens with one attached hydrogen (secondary N) is 1. The summed E-state index contributed by atoms with van der Waals surface area (Å²) in [5, 5.41) is 7.80. The average Bonchev–Trinajstić information content (AvgIpc) is 3.31. The Morgan fingerprint density at radius 1 is 1.32 bits per heavy atom. The molecule has 28 heavy (non-hydrogen) atoms. The number of nitrogens with zero attached hydrogens (tertiary/aromatic N) is 5. The van der Waals surface area contributed by atoms with E-state index in [1.807, 2.05) is 17.9 Å². The summed E-state index contributed by atoms with van der Waals surface area (Å²) in [5.74, 6) is 1.60. The molecule has 154 valence electrons. The van der Waals surface area contributed by atoms with Gasteiger partial charge in [0.1, 0.15) is 0 Å². The molecule has 0 saturated carbocycles.